The normalized spacial score (nSPS) is 15.9. The van der Waals surface area contributed by atoms with Crippen molar-refractivity contribution < 1.29 is 4.79 Å². The fourth-order valence-corrected chi connectivity index (χ4v) is 3.46. The molecule has 2 aromatic heterocycles. The minimum Gasteiger partial charge on any atom is -0.339 e. The Morgan fingerprint density at radius 3 is 2.50 bits per heavy atom. The monoisotopic (exact) mass is 286 g/mol. The highest BCUT2D eigenvalue weighted by molar-refractivity contribution is 7.13. The number of amides is 1. The Balaban J connectivity index is 1.77. The van der Waals surface area contributed by atoms with Crippen LogP contribution in [0, 0.1) is 0 Å². The van der Waals surface area contributed by atoms with Gasteiger partial charge in [-0.3, -0.25) is 9.78 Å². The van der Waals surface area contributed by atoms with E-state index in [1.165, 1.54) is 12.8 Å². The number of rotatable bonds is 2. The van der Waals surface area contributed by atoms with Gasteiger partial charge in [-0.05, 0) is 36.6 Å². The third kappa shape index (κ3) is 2.90. The van der Waals surface area contributed by atoms with E-state index in [1.807, 2.05) is 28.5 Å². The van der Waals surface area contributed by atoms with E-state index in [0.717, 1.165) is 41.9 Å². The van der Waals surface area contributed by atoms with Crippen molar-refractivity contribution in [2.75, 3.05) is 13.1 Å². The molecule has 0 aromatic carbocycles. The molecule has 0 bridgehead atoms. The van der Waals surface area contributed by atoms with Crippen molar-refractivity contribution in [3.05, 3.63) is 41.5 Å². The molecule has 0 N–H and O–H groups in total. The second-order valence-corrected chi connectivity index (χ2v) is 6.05. The van der Waals surface area contributed by atoms with E-state index in [1.54, 1.807) is 23.7 Å². The number of nitrogens with zero attached hydrogens (tertiary/aromatic N) is 2. The fraction of sp³-hybridized carbons (Fsp3) is 0.375. The van der Waals surface area contributed by atoms with E-state index in [2.05, 4.69) is 4.98 Å². The first-order valence-electron chi connectivity index (χ1n) is 7.13. The predicted molar refractivity (Wildman–Crippen MR) is 81.9 cm³/mol. The molecule has 0 spiro atoms. The van der Waals surface area contributed by atoms with Gasteiger partial charge in [-0.15, -0.1) is 11.3 Å². The summed E-state index contributed by atoms with van der Waals surface area (Å²) in [6.45, 7) is 1.80. The van der Waals surface area contributed by atoms with Crippen molar-refractivity contribution in [1.29, 1.82) is 0 Å². The molecule has 20 heavy (non-hydrogen) atoms. The number of carbonyl (C=O) groups excluding carboxylic acids is 1. The van der Waals surface area contributed by atoms with Gasteiger partial charge in [-0.2, -0.15) is 0 Å². The molecule has 3 rings (SSSR count). The minimum absolute atomic E-state index is 0.184. The third-order valence-electron chi connectivity index (χ3n) is 3.70. The third-order valence-corrected chi connectivity index (χ3v) is 4.68. The van der Waals surface area contributed by atoms with Gasteiger partial charge in [0.25, 0.3) is 5.91 Å². The van der Waals surface area contributed by atoms with E-state index in [4.69, 9.17) is 0 Å². The molecular formula is C16H18N2OS. The molecule has 1 aliphatic heterocycles. The zero-order valence-electron chi connectivity index (χ0n) is 11.4. The first-order chi connectivity index (χ1) is 9.84. The van der Waals surface area contributed by atoms with Crippen LogP contribution in [0.5, 0.6) is 0 Å². The number of aromatic nitrogens is 1. The maximum Gasteiger partial charge on any atom is 0.254 e. The molecule has 1 saturated heterocycles. The summed E-state index contributed by atoms with van der Waals surface area (Å²) in [5.74, 6) is 0.184. The van der Waals surface area contributed by atoms with Crippen molar-refractivity contribution in [3.8, 4) is 10.4 Å². The van der Waals surface area contributed by atoms with Gasteiger partial charge in [0, 0.05) is 35.7 Å². The van der Waals surface area contributed by atoms with Gasteiger partial charge in [-0.25, -0.2) is 0 Å². The molecule has 2 aromatic rings. The molecule has 3 nitrogen and oxygen atoms in total. The van der Waals surface area contributed by atoms with Crippen LogP contribution in [0.2, 0.25) is 0 Å². The quantitative estimate of drug-likeness (QED) is 0.840. The number of likely N-dealkylation sites (tertiary alicyclic amines) is 1. The Labute approximate surface area is 123 Å². The van der Waals surface area contributed by atoms with E-state index in [9.17, 15) is 4.79 Å². The maximum atomic E-state index is 12.5. The molecule has 0 aliphatic carbocycles. The fourth-order valence-electron chi connectivity index (χ4n) is 2.57. The molecule has 0 saturated carbocycles. The highest BCUT2D eigenvalue weighted by Gasteiger charge is 2.18. The molecule has 4 heteroatoms. The summed E-state index contributed by atoms with van der Waals surface area (Å²) in [6.07, 6.45) is 8.32. The minimum atomic E-state index is 0.184. The largest absolute Gasteiger partial charge is 0.339 e. The number of carbonyl (C=O) groups is 1. The topological polar surface area (TPSA) is 33.2 Å². The molecule has 0 unspecified atom stereocenters. The van der Waals surface area contributed by atoms with Crippen molar-refractivity contribution in [1.82, 2.24) is 9.88 Å². The van der Waals surface area contributed by atoms with Gasteiger partial charge in [-0.1, -0.05) is 12.8 Å². The van der Waals surface area contributed by atoms with Gasteiger partial charge >= 0.3 is 0 Å². The molecule has 3 heterocycles. The molecule has 1 fully saturated rings. The molecule has 1 amide bonds. The summed E-state index contributed by atoms with van der Waals surface area (Å²) in [4.78, 5) is 19.7. The molecule has 1 aliphatic rings. The second kappa shape index (κ2) is 6.18. The van der Waals surface area contributed by atoms with Gasteiger partial charge in [0.1, 0.15) is 0 Å². The van der Waals surface area contributed by atoms with E-state index in [0.29, 0.717) is 0 Å². The van der Waals surface area contributed by atoms with Crippen LogP contribution in [0.25, 0.3) is 10.4 Å². The van der Waals surface area contributed by atoms with Crippen molar-refractivity contribution >= 4 is 17.2 Å². The summed E-state index contributed by atoms with van der Waals surface area (Å²) in [5.41, 5.74) is 1.95. The standard InChI is InChI=1S/C16H18N2OS/c19-16(18-9-3-1-2-4-10-18)14-11-15(20-12-14)13-5-7-17-8-6-13/h5-8,11-12H,1-4,9-10H2. The summed E-state index contributed by atoms with van der Waals surface area (Å²) in [6, 6.07) is 5.96. The first kappa shape index (κ1) is 13.3. The van der Waals surface area contributed by atoms with Crippen molar-refractivity contribution in [2.45, 2.75) is 25.7 Å². The summed E-state index contributed by atoms with van der Waals surface area (Å²) >= 11 is 1.62. The lowest BCUT2D eigenvalue weighted by atomic mass is 10.2. The predicted octanol–water partition coefficient (Wildman–Crippen LogP) is 3.83. The van der Waals surface area contributed by atoms with E-state index >= 15 is 0 Å². The molecular weight excluding hydrogens is 268 g/mol. The van der Waals surface area contributed by atoms with Crippen LogP contribution in [-0.4, -0.2) is 28.9 Å². The zero-order chi connectivity index (χ0) is 13.8. The van der Waals surface area contributed by atoms with Crippen LogP contribution in [0.4, 0.5) is 0 Å². The van der Waals surface area contributed by atoms with Crippen LogP contribution >= 0.6 is 11.3 Å². The Bertz CT molecular complexity index is 571. The molecule has 104 valence electrons. The van der Waals surface area contributed by atoms with Crippen molar-refractivity contribution in [2.24, 2.45) is 0 Å². The van der Waals surface area contributed by atoms with E-state index < -0.39 is 0 Å². The smallest absolute Gasteiger partial charge is 0.254 e. The maximum absolute atomic E-state index is 12.5. The van der Waals surface area contributed by atoms with Crippen LogP contribution < -0.4 is 0 Å². The number of pyridine rings is 1. The zero-order valence-corrected chi connectivity index (χ0v) is 12.2. The highest BCUT2D eigenvalue weighted by atomic mass is 32.1. The Kier molecular flexibility index (Phi) is 4.11. The van der Waals surface area contributed by atoms with Gasteiger partial charge in [0.2, 0.25) is 0 Å². The van der Waals surface area contributed by atoms with Gasteiger partial charge < -0.3 is 4.90 Å². The second-order valence-electron chi connectivity index (χ2n) is 5.14. The van der Waals surface area contributed by atoms with Crippen LogP contribution in [0.15, 0.2) is 36.0 Å². The lowest BCUT2D eigenvalue weighted by Crippen LogP contribution is -2.31. The Morgan fingerprint density at radius 2 is 1.80 bits per heavy atom. The molecule has 0 atom stereocenters. The summed E-state index contributed by atoms with van der Waals surface area (Å²) < 4.78 is 0. The van der Waals surface area contributed by atoms with Gasteiger partial charge in [0.15, 0.2) is 0 Å². The number of thiophene rings is 1. The average molecular weight is 286 g/mol. The van der Waals surface area contributed by atoms with Crippen LogP contribution in [-0.2, 0) is 0 Å². The van der Waals surface area contributed by atoms with Crippen LogP contribution in [0.1, 0.15) is 36.0 Å². The summed E-state index contributed by atoms with van der Waals surface area (Å²) in [7, 11) is 0. The number of hydrogen-bond acceptors (Lipinski definition) is 3. The van der Waals surface area contributed by atoms with Gasteiger partial charge in [0.05, 0.1) is 5.56 Å². The van der Waals surface area contributed by atoms with Crippen molar-refractivity contribution in [3.63, 3.8) is 0 Å². The average Bonchev–Trinajstić information content (AvgIpc) is 2.83. The summed E-state index contributed by atoms with van der Waals surface area (Å²) in [5, 5.41) is 1.98. The Hall–Kier alpha value is -1.68. The number of hydrogen-bond donors (Lipinski definition) is 0. The van der Waals surface area contributed by atoms with Crippen LogP contribution in [0.3, 0.4) is 0 Å². The molecule has 0 radical (unpaired) electrons. The lowest BCUT2D eigenvalue weighted by molar-refractivity contribution is 0.0762. The first-order valence-corrected chi connectivity index (χ1v) is 8.01. The SMILES string of the molecule is O=C(c1csc(-c2ccncc2)c1)N1CCCCCC1. The highest BCUT2D eigenvalue weighted by Crippen LogP contribution is 2.27. The van der Waals surface area contributed by atoms with E-state index in [-0.39, 0.29) is 5.91 Å². The Morgan fingerprint density at radius 1 is 1.10 bits per heavy atom. The lowest BCUT2D eigenvalue weighted by Gasteiger charge is -2.19.